The van der Waals surface area contributed by atoms with Gasteiger partial charge in [0.1, 0.15) is 5.75 Å². The minimum Gasteiger partial charge on any atom is -0.484 e. The second-order valence-electron chi connectivity index (χ2n) is 4.53. The van der Waals surface area contributed by atoms with Gasteiger partial charge in [-0.25, -0.2) is 0 Å². The fraction of sp³-hybridized carbons (Fsp3) is 0.357. The first-order chi connectivity index (χ1) is 10.1. The molecule has 0 spiro atoms. The maximum Gasteiger partial charge on any atom is 0.258 e. The zero-order chi connectivity index (χ0) is 15.2. The van der Waals surface area contributed by atoms with Crippen LogP contribution in [0, 0.1) is 0 Å². The molecule has 2 rings (SSSR count). The van der Waals surface area contributed by atoms with E-state index in [0.717, 1.165) is 4.47 Å². The molecule has 1 N–H and O–H groups in total. The summed E-state index contributed by atoms with van der Waals surface area (Å²) in [4.78, 5) is 35.5. The predicted octanol–water partition coefficient (Wildman–Crippen LogP) is 1.09. The molecule has 1 fully saturated rings. The molecule has 0 bridgehead atoms. The normalized spacial score (nSPS) is 14.4. The monoisotopic (exact) mass is 354 g/mol. The summed E-state index contributed by atoms with van der Waals surface area (Å²) in [5.41, 5.74) is 0. The molecule has 0 saturated carbocycles. The van der Waals surface area contributed by atoms with Crippen LogP contribution in [0.4, 0.5) is 0 Å². The summed E-state index contributed by atoms with van der Waals surface area (Å²) in [6.07, 6.45) is 0.527. The minimum atomic E-state index is -0.294. The van der Waals surface area contributed by atoms with Crippen molar-refractivity contribution < 1.29 is 19.1 Å². The molecule has 1 heterocycles. The molecular weight excluding hydrogens is 340 g/mol. The van der Waals surface area contributed by atoms with Crippen LogP contribution in [0.3, 0.4) is 0 Å². The number of hydrogen-bond acceptors (Lipinski definition) is 4. The summed E-state index contributed by atoms with van der Waals surface area (Å²) >= 11 is 3.31. The predicted molar refractivity (Wildman–Crippen MR) is 78.6 cm³/mol. The van der Waals surface area contributed by atoms with Gasteiger partial charge in [0.2, 0.25) is 11.8 Å². The van der Waals surface area contributed by atoms with Gasteiger partial charge < -0.3 is 10.1 Å². The lowest BCUT2D eigenvalue weighted by Gasteiger charge is -2.14. The molecule has 6 nitrogen and oxygen atoms in total. The number of nitrogens with zero attached hydrogens (tertiary/aromatic N) is 1. The van der Waals surface area contributed by atoms with Crippen molar-refractivity contribution in [2.45, 2.75) is 12.8 Å². The summed E-state index contributed by atoms with van der Waals surface area (Å²) in [5.74, 6) is -0.0593. The number of likely N-dealkylation sites (tertiary alicyclic amines) is 1. The van der Waals surface area contributed by atoms with E-state index in [1.54, 1.807) is 12.1 Å². The molecule has 1 aromatic rings. The highest BCUT2D eigenvalue weighted by atomic mass is 79.9. The Bertz CT molecular complexity index is 528. The Hall–Kier alpha value is -1.89. The zero-order valence-corrected chi connectivity index (χ0v) is 12.9. The van der Waals surface area contributed by atoms with E-state index in [4.69, 9.17) is 4.74 Å². The third-order valence-corrected chi connectivity index (χ3v) is 3.52. The Labute approximate surface area is 130 Å². The van der Waals surface area contributed by atoms with Crippen molar-refractivity contribution in [2.75, 3.05) is 19.7 Å². The van der Waals surface area contributed by atoms with E-state index in [1.165, 1.54) is 4.90 Å². The molecule has 0 unspecified atom stereocenters. The van der Waals surface area contributed by atoms with Crippen molar-refractivity contribution >= 4 is 33.7 Å². The molecule has 1 aliphatic rings. The molecule has 3 amide bonds. The van der Waals surface area contributed by atoms with Crippen LogP contribution in [0.1, 0.15) is 12.8 Å². The van der Waals surface area contributed by atoms with E-state index >= 15 is 0 Å². The van der Waals surface area contributed by atoms with Crippen LogP contribution >= 0.6 is 15.9 Å². The number of ether oxygens (including phenoxy) is 1. The molecule has 1 aliphatic heterocycles. The van der Waals surface area contributed by atoms with Gasteiger partial charge in [-0.15, -0.1) is 0 Å². The molecule has 0 aliphatic carbocycles. The van der Waals surface area contributed by atoms with Crippen molar-refractivity contribution in [3.8, 4) is 5.75 Å². The lowest BCUT2D eigenvalue weighted by atomic mass is 10.3. The van der Waals surface area contributed by atoms with E-state index < -0.39 is 0 Å². The Balaban J connectivity index is 1.67. The van der Waals surface area contributed by atoms with Gasteiger partial charge in [-0.05, 0) is 24.3 Å². The average molecular weight is 355 g/mol. The molecule has 21 heavy (non-hydrogen) atoms. The van der Waals surface area contributed by atoms with Crippen LogP contribution in [-0.2, 0) is 14.4 Å². The summed E-state index contributed by atoms with van der Waals surface area (Å²) in [7, 11) is 0. The van der Waals surface area contributed by atoms with Gasteiger partial charge in [-0.3, -0.25) is 19.3 Å². The van der Waals surface area contributed by atoms with Gasteiger partial charge in [0.25, 0.3) is 5.91 Å². The average Bonchev–Trinajstić information content (AvgIpc) is 2.78. The molecule has 0 aromatic heterocycles. The summed E-state index contributed by atoms with van der Waals surface area (Å²) < 4.78 is 6.24. The van der Waals surface area contributed by atoms with Crippen molar-refractivity contribution in [3.05, 3.63) is 28.7 Å². The highest BCUT2D eigenvalue weighted by Crippen LogP contribution is 2.15. The van der Waals surface area contributed by atoms with Gasteiger partial charge in [0, 0.05) is 30.4 Å². The molecular formula is C14H15BrN2O4. The number of benzene rings is 1. The number of carbonyl (C=O) groups excluding carboxylic acids is 3. The van der Waals surface area contributed by atoms with E-state index in [0.29, 0.717) is 5.75 Å². The lowest BCUT2D eigenvalue weighted by molar-refractivity contribution is -0.138. The number of hydrogen-bond donors (Lipinski definition) is 1. The van der Waals surface area contributed by atoms with Gasteiger partial charge in [0.05, 0.1) is 0 Å². The topological polar surface area (TPSA) is 75.7 Å². The second-order valence-corrected chi connectivity index (χ2v) is 5.45. The molecule has 1 saturated heterocycles. The first-order valence-corrected chi connectivity index (χ1v) is 7.34. The van der Waals surface area contributed by atoms with Gasteiger partial charge in [-0.2, -0.15) is 0 Å². The summed E-state index contributed by atoms with van der Waals surface area (Å²) in [6, 6.07) is 7.13. The van der Waals surface area contributed by atoms with Gasteiger partial charge in [0.15, 0.2) is 6.61 Å². The SMILES string of the molecule is O=C(COc1ccc(Br)cc1)NCCN1C(=O)CCC1=O. The van der Waals surface area contributed by atoms with Crippen LogP contribution in [0.2, 0.25) is 0 Å². The number of carbonyl (C=O) groups is 3. The van der Waals surface area contributed by atoms with Crippen molar-refractivity contribution in [3.63, 3.8) is 0 Å². The smallest absolute Gasteiger partial charge is 0.258 e. The van der Waals surface area contributed by atoms with Crippen LogP contribution in [0.5, 0.6) is 5.75 Å². The molecule has 7 heteroatoms. The fourth-order valence-corrected chi connectivity index (χ4v) is 2.17. The van der Waals surface area contributed by atoms with E-state index in [2.05, 4.69) is 21.2 Å². The number of nitrogens with one attached hydrogen (secondary N) is 1. The quantitative estimate of drug-likeness (QED) is 0.776. The lowest BCUT2D eigenvalue weighted by Crippen LogP contribution is -2.39. The molecule has 0 atom stereocenters. The largest absolute Gasteiger partial charge is 0.484 e. The Kier molecular flexibility index (Phi) is 5.32. The third-order valence-electron chi connectivity index (χ3n) is 3.00. The first kappa shape index (κ1) is 15.5. The number of imide groups is 1. The molecule has 0 radical (unpaired) electrons. The first-order valence-electron chi connectivity index (χ1n) is 6.54. The number of amides is 3. The number of rotatable bonds is 6. The maximum absolute atomic E-state index is 11.6. The number of halogens is 1. The highest BCUT2D eigenvalue weighted by Gasteiger charge is 2.28. The summed E-state index contributed by atoms with van der Waals surface area (Å²) in [5, 5.41) is 2.61. The summed E-state index contributed by atoms with van der Waals surface area (Å²) in [6.45, 7) is 0.339. The Morgan fingerprint density at radius 2 is 1.81 bits per heavy atom. The van der Waals surface area contributed by atoms with Gasteiger partial charge >= 0.3 is 0 Å². The van der Waals surface area contributed by atoms with Crippen LogP contribution in [0.25, 0.3) is 0 Å². The zero-order valence-electron chi connectivity index (χ0n) is 11.3. The second kappa shape index (κ2) is 7.21. The van der Waals surface area contributed by atoms with E-state index in [-0.39, 0.29) is 50.3 Å². The van der Waals surface area contributed by atoms with Gasteiger partial charge in [-0.1, -0.05) is 15.9 Å². The molecule has 1 aromatic carbocycles. The van der Waals surface area contributed by atoms with Crippen molar-refractivity contribution in [1.82, 2.24) is 10.2 Å². The standard InChI is InChI=1S/C14H15BrN2O4/c15-10-1-3-11(4-2-10)21-9-12(18)16-7-8-17-13(19)5-6-14(17)20/h1-4H,5-9H2,(H,16,18). The van der Waals surface area contributed by atoms with E-state index in [9.17, 15) is 14.4 Å². The van der Waals surface area contributed by atoms with Crippen molar-refractivity contribution in [2.24, 2.45) is 0 Å². The minimum absolute atomic E-state index is 0.108. The van der Waals surface area contributed by atoms with Crippen LogP contribution in [-0.4, -0.2) is 42.3 Å². The van der Waals surface area contributed by atoms with Crippen LogP contribution < -0.4 is 10.1 Å². The van der Waals surface area contributed by atoms with Crippen molar-refractivity contribution in [1.29, 1.82) is 0 Å². The Morgan fingerprint density at radius 3 is 2.43 bits per heavy atom. The van der Waals surface area contributed by atoms with E-state index in [1.807, 2.05) is 12.1 Å². The highest BCUT2D eigenvalue weighted by molar-refractivity contribution is 9.10. The molecule has 112 valence electrons. The van der Waals surface area contributed by atoms with Crippen LogP contribution in [0.15, 0.2) is 28.7 Å². The Morgan fingerprint density at radius 1 is 1.19 bits per heavy atom. The maximum atomic E-state index is 11.6. The fourth-order valence-electron chi connectivity index (χ4n) is 1.91. The third kappa shape index (κ3) is 4.56.